The Kier molecular flexibility index (Phi) is 3.86. The third-order valence-electron chi connectivity index (χ3n) is 12.4. The van der Waals surface area contributed by atoms with E-state index in [1.54, 1.807) is 0 Å². The lowest BCUT2D eigenvalue weighted by molar-refractivity contribution is -0.329. The predicted molar refractivity (Wildman–Crippen MR) is 117 cm³/mol. The predicted octanol–water partition coefficient (Wildman–Crippen LogP) is 1.75. The van der Waals surface area contributed by atoms with E-state index in [1.165, 1.54) is 0 Å². The lowest BCUT2D eigenvalue weighted by Gasteiger charge is -2.60. The highest BCUT2D eigenvalue weighted by atomic mass is 16.8. The van der Waals surface area contributed by atoms with Crippen LogP contribution < -0.4 is 0 Å². The topological polar surface area (TPSA) is 102 Å². The summed E-state index contributed by atoms with van der Waals surface area (Å²) in [7, 11) is 0. The minimum absolute atomic E-state index is 0.0585. The van der Waals surface area contributed by atoms with Gasteiger partial charge in [0.05, 0.1) is 38.6 Å². The highest BCUT2D eigenvalue weighted by molar-refractivity contribution is 5.38. The molecule has 0 aromatic carbocycles. The Hall–Kier alpha value is -0.320. The van der Waals surface area contributed by atoms with E-state index in [1.807, 2.05) is 0 Å². The maximum Gasteiger partial charge on any atom is 0.222 e. The van der Waals surface area contributed by atoms with Gasteiger partial charge in [-0.1, -0.05) is 20.8 Å². The van der Waals surface area contributed by atoms with E-state index in [0.717, 1.165) is 38.5 Å². The zero-order valence-corrected chi connectivity index (χ0v) is 20.5. The number of epoxide rings is 2. The van der Waals surface area contributed by atoms with Crippen LogP contribution in [0.15, 0.2) is 0 Å². The number of aliphatic hydroxyl groups excluding tert-OH is 1. The normalized spacial score (nSPS) is 61.9. The molecule has 10 atom stereocenters. The first kappa shape index (κ1) is 21.7. The Bertz CT molecular complexity index is 930. The summed E-state index contributed by atoms with van der Waals surface area (Å²) in [5.41, 5.74) is -2.32. The molecule has 8 aliphatic rings. The molecule has 34 heavy (non-hydrogen) atoms. The minimum Gasteiger partial charge on any atom is -0.391 e. The van der Waals surface area contributed by atoms with Crippen molar-refractivity contribution in [1.82, 2.24) is 0 Å². The first-order valence-corrected chi connectivity index (χ1v) is 13.4. The highest BCUT2D eigenvalue weighted by Crippen LogP contribution is 2.83. The fourth-order valence-corrected chi connectivity index (χ4v) is 10.8. The smallest absolute Gasteiger partial charge is 0.222 e. The zero-order valence-electron chi connectivity index (χ0n) is 20.5. The quantitative estimate of drug-likeness (QED) is 0.579. The van der Waals surface area contributed by atoms with Crippen LogP contribution in [0.1, 0.15) is 59.3 Å². The van der Waals surface area contributed by atoms with Crippen molar-refractivity contribution in [2.75, 3.05) is 33.0 Å². The Balaban J connectivity index is 1.19. The molecule has 4 saturated carbocycles. The largest absolute Gasteiger partial charge is 0.391 e. The van der Waals surface area contributed by atoms with E-state index in [0.29, 0.717) is 32.3 Å². The molecule has 8 nitrogen and oxygen atoms in total. The van der Waals surface area contributed by atoms with Crippen molar-refractivity contribution in [2.24, 2.45) is 28.6 Å². The van der Waals surface area contributed by atoms with Crippen LogP contribution in [0, 0.1) is 28.6 Å². The van der Waals surface area contributed by atoms with Crippen LogP contribution >= 0.6 is 0 Å². The first-order chi connectivity index (χ1) is 16.2. The van der Waals surface area contributed by atoms with Gasteiger partial charge < -0.3 is 38.6 Å². The molecule has 4 saturated heterocycles. The summed E-state index contributed by atoms with van der Waals surface area (Å²) in [5.74, 6) is -1.36. The Morgan fingerprint density at radius 3 is 2.26 bits per heavy atom. The van der Waals surface area contributed by atoms with Gasteiger partial charge in [-0.05, 0) is 43.4 Å². The van der Waals surface area contributed by atoms with Gasteiger partial charge in [0.1, 0.15) is 23.4 Å². The van der Waals surface area contributed by atoms with Gasteiger partial charge in [0.25, 0.3) is 0 Å². The molecule has 0 unspecified atom stereocenters. The lowest BCUT2D eigenvalue weighted by atomic mass is 9.43. The molecule has 8 rings (SSSR count). The molecule has 0 aromatic heterocycles. The molecule has 4 aliphatic heterocycles. The summed E-state index contributed by atoms with van der Waals surface area (Å²) < 4.78 is 37.8. The molecule has 0 radical (unpaired) electrons. The molecule has 0 amide bonds. The van der Waals surface area contributed by atoms with Crippen LogP contribution in [0.3, 0.4) is 0 Å². The van der Waals surface area contributed by atoms with Crippen LogP contribution in [0.5, 0.6) is 0 Å². The summed E-state index contributed by atoms with van der Waals surface area (Å²) in [6.07, 6.45) is 5.45. The van der Waals surface area contributed by atoms with Gasteiger partial charge in [-0.15, -0.1) is 0 Å². The summed E-state index contributed by atoms with van der Waals surface area (Å²) in [6, 6.07) is 0. The fraction of sp³-hybridized carbons (Fsp3) is 1.00. The Labute approximate surface area is 200 Å². The van der Waals surface area contributed by atoms with E-state index < -0.39 is 22.6 Å². The van der Waals surface area contributed by atoms with Gasteiger partial charge in [-0.2, -0.15) is 0 Å². The number of ether oxygens (including phenoxy) is 6. The summed E-state index contributed by atoms with van der Waals surface area (Å²) >= 11 is 0. The van der Waals surface area contributed by atoms with Crippen molar-refractivity contribution >= 4 is 0 Å². The number of hydrogen-bond donors (Lipinski definition) is 2. The summed E-state index contributed by atoms with van der Waals surface area (Å²) in [4.78, 5) is 0. The highest BCUT2D eigenvalue weighted by Gasteiger charge is 2.91. The molecule has 8 heteroatoms. The van der Waals surface area contributed by atoms with Crippen LogP contribution in [-0.2, 0) is 28.4 Å². The van der Waals surface area contributed by atoms with E-state index in [-0.39, 0.29) is 47.3 Å². The van der Waals surface area contributed by atoms with Crippen molar-refractivity contribution in [2.45, 2.75) is 99.9 Å². The molecule has 4 aliphatic carbocycles. The Morgan fingerprint density at radius 1 is 0.853 bits per heavy atom. The second-order valence-corrected chi connectivity index (χ2v) is 13.1. The van der Waals surface area contributed by atoms with Crippen LogP contribution in [0.4, 0.5) is 0 Å². The van der Waals surface area contributed by atoms with E-state index >= 15 is 0 Å². The lowest BCUT2D eigenvalue weighted by Crippen LogP contribution is -2.71. The second kappa shape index (κ2) is 6.04. The molecule has 8 fully saturated rings. The molecule has 190 valence electrons. The van der Waals surface area contributed by atoms with Gasteiger partial charge >= 0.3 is 0 Å². The van der Waals surface area contributed by atoms with Gasteiger partial charge in [0.15, 0.2) is 5.79 Å². The molecule has 0 aromatic rings. The molecule has 3 spiro atoms. The van der Waals surface area contributed by atoms with E-state index in [4.69, 9.17) is 28.4 Å². The number of hydrogen-bond acceptors (Lipinski definition) is 8. The van der Waals surface area contributed by atoms with Gasteiger partial charge in [-0.25, -0.2) is 0 Å². The van der Waals surface area contributed by atoms with Crippen molar-refractivity contribution in [3.8, 4) is 0 Å². The second-order valence-electron chi connectivity index (χ2n) is 13.1. The van der Waals surface area contributed by atoms with Crippen molar-refractivity contribution in [3.63, 3.8) is 0 Å². The van der Waals surface area contributed by atoms with E-state index in [2.05, 4.69) is 20.8 Å². The molecular formula is C26H38O8. The maximum absolute atomic E-state index is 12.5. The van der Waals surface area contributed by atoms with Crippen molar-refractivity contribution in [1.29, 1.82) is 0 Å². The molecule has 4 heterocycles. The van der Waals surface area contributed by atoms with Gasteiger partial charge in [0, 0.05) is 23.7 Å². The van der Waals surface area contributed by atoms with Gasteiger partial charge in [0.2, 0.25) is 5.79 Å². The average molecular weight is 479 g/mol. The number of fused-ring (bicyclic) bond motifs is 2. The third-order valence-corrected chi connectivity index (χ3v) is 12.4. The monoisotopic (exact) mass is 478 g/mol. The molecule has 0 bridgehead atoms. The van der Waals surface area contributed by atoms with Crippen LogP contribution in [0.25, 0.3) is 0 Å². The van der Waals surface area contributed by atoms with Crippen LogP contribution in [-0.4, -0.2) is 83.8 Å². The zero-order chi connectivity index (χ0) is 23.4. The average Bonchev–Trinajstić information content (AvgIpc) is 3.49. The standard InChI is InChI=1S/C26H38O8/c1-15-10-16-17-11-18-23(33-18)13-22(29-6-7-30-22)5-4-21(23,3)25(17)19(34-25)12-20(16,2)26(15,28)24(14-27)31-8-9-32-24/h15-19,27-28H,4-14H2,1-3H3/t15-,16+,17+,18+,19+,20+,21+,23+,25-,26-/m1/s1. The van der Waals surface area contributed by atoms with Gasteiger partial charge in [-0.3, -0.25) is 0 Å². The molecular weight excluding hydrogens is 440 g/mol. The SMILES string of the molecule is C[C@@H]1C[C@H]2[C@@H]3C[C@@H]4O[C@@]45CC4(CC[C@]5(C)[C@@]35O[C@H]5C[C@]2(C)[C@@]1(O)C1(CO)OCCO1)OCCO4. The Morgan fingerprint density at radius 2 is 1.56 bits per heavy atom. The van der Waals surface area contributed by atoms with E-state index in [9.17, 15) is 10.2 Å². The first-order valence-electron chi connectivity index (χ1n) is 13.4. The minimum atomic E-state index is -1.36. The van der Waals surface area contributed by atoms with Crippen molar-refractivity contribution < 1.29 is 38.6 Å². The third kappa shape index (κ3) is 1.98. The summed E-state index contributed by atoms with van der Waals surface area (Å²) in [5, 5.41) is 22.9. The maximum atomic E-state index is 12.5. The molecule has 2 N–H and O–H groups in total. The number of aliphatic hydroxyl groups is 2. The van der Waals surface area contributed by atoms with Crippen LogP contribution in [0.2, 0.25) is 0 Å². The number of rotatable bonds is 2. The fourth-order valence-electron chi connectivity index (χ4n) is 10.8. The summed E-state index contributed by atoms with van der Waals surface area (Å²) in [6.45, 7) is 8.48. The van der Waals surface area contributed by atoms with Crippen molar-refractivity contribution in [3.05, 3.63) is 0 Å².